The molecule has 0 aliphatic heterocycles. The molecule has 0 saturated carbocycles. The summed E-state index contributed by atoms with van der Waals surface area (Å²) in [4.78, 5) is 8.42. The lowest BCUT2D eigenvalue weighted by atomic mass is 10.2. The third kappa shape index (κ3) is 1.72. The van der Waals surface area contributed by atoms with Gasteiger partial charge in [-0.25, -0.2) is 0 Å². The molecule has 2 aromatic heterocycles. The summed E-state index contributed by atoms with van der Waals surface area (Å²) < 4.78 is 0. The van der Waals surface area contributed by atoms with Crippen LogP contribution in [-0.2, 0) is 0 Å². The van der Waals surface area contributed by atoms with Crippen molar-refractivity contribution in [2.45, 2.75) is 6.92 Å². The largest absolute Gasteiger partial charge is 0.255 e. The van der Waals surface area contributed by atoms with Gasteiger partial charge in [0.1, 0.15) is 0 Å². The van der Waals surface area contributed by atoms with Crippen LogP contribution in [-0.4, -0.2) is 9.97 Å². The van der Waals surface area contributed by atoms with Gasteiger partial charge in [-0.05, 0) is 30.7 Å². The van der Waals surface area contributed by atoms with Crippen LogP contribution in [0.1, 0.15) is 5.56 Å². The first-order valence-electron chi connectivity index (χ1n) is 4.12. The van der Waals surface area contributed by atoms with E-state index >= 15 is 0 Å². The van der Waals surface area contributed by atoms with Crippen molar-refractivity contribution in [3.63, 3.8) is 0 Å². The van der Waals surface area contributed by atoms with Crippen molar-refractivity contribution in [1.29, 1.82) is 0 Å². The van der Waals surface area contributed by atoms with Crippen LogP contribution >= 0.6 is 0 Å². The zero-order chi connectivity index (χ0) is 9.10. The summed E-state index contributed by atoms with van der Waals surface area (Å²) in [6.07, 6.45) is 3.57. The van der Waals surface area contributed by atoms with Crippen LogP contribution in [0.4, 0.5) is 0 Å². The maximum Gasteiger partial charge on any atom is 0.0965 e. The van der Waals surface area contributed by atoms with Crippen molar-refractivity contribution in [2.24, 2.45) is 0 Å². The summed E-state index contributed by atoms with van der Waals surface area (Å²) in [6.45, 7) is 1.99. The number of hydrogen-bond donors (Lipinski definition) is 0. The minimum absolute atomic E-state index is 0.797. The van der Waals surface area contributed by atoms with E-state index in [2.05, 4.69) is 16.0 Å². The Hall–Kier alpha value is -1.70. The lowest BCUT2D eigenvalue weighted by Crippen LogP contribution is -1.86. The number of aryl methyl sites for hydroxylation is 1. The Labute approximate surface area is 77.3 Å². The Bertz CT molecular complexity index is 379. The zero-order valence-electron chi connectivity index (χ0n) is 7.36. The molecule has 0 bridgehead atoms. The highest BCUT2D eigenvalue weighted by molar-refractivity contribution is 5.52. The van der Waals surface area contributed by atoms with E-state index in [0.717, 1.165) is 17.0 Å². The molecule has 0 unspecified atom stereocenters. The van der Waals surface area contributed by atoms with Gasteiger partial charge in [0, 0.05) is 18.5 Å². The van der Waals surface area contributed by atoms with Gasteiger partial charge in [0.05, 0.1) is 11.4 Å². The van der Waals surface area contributed by atoms with E-state index in [1.807, 2.05) is 37.4 Å². The summed E-state index contributed by atoms with van der Waals surface area (Å²) >= 11 is 0. The molecule has 2 nitrogen and oxygen atoms in total. The lowest BCUT2D eigenvalue weighted by molar-refractivity contribution is 1.22. The van der Waals surface area contributed by atoms with E-state index in [4.69, 9.17) is 0 Å². The molecule has 13 heavy (non-hydrogen) atoms. The molecule has 2 heteroatoms. The summed E-state index contributed by atoms with van der Waals surface area (Å²) in [5.74, 6) is 0. The fraction of sp³-hybridized carbons (Fsp3) is 0.0909. The van der Waals surface area contributed by atoms with Gasteiger partial charge in [0.15, 0.2) is 0 Å². The third-order valence-corrected chi connectivity index (χ3v) is 1.74. The molecule has 0 aromatic carbocycles. The molecule has 2 heterocycles. The van der Waals surface area contributed by atoms with Crippen molar-refractivity contribution in [3.05, 3.63) is 48.3 Å². The summed E-state index contributed by atoms with van der Waals surface area (Å²) in [5, 5.41) is 0. The van der Waals surface area contributed by atoms with Gasteiger partial charge in [-0.1, -0.05) is 6.07 Å². The van der Waals surface area contributed by atoms with Crippen LogP contribution in [0.25, 0.3) is 11.4 Å². The molecule has 0 spiro atoms. The lowest BCUT2D eigenvalue weighted by Gasteiger charge is -1.97. The molecule has 63 valence electrons. The topological polar surface area (TPSA) is 25.8 Å². The van der Waals surface area contributed by atoms with E-state index in [9.17, 15) is 0 Å². The highest BCUT2D eigenvalue weighted by atomic mass is 14.8. The highest BCUT2D eigenvalue weighted by Gasteiger charge is 1.97. The minimum Gasteiger partial charge on any atom is -0.255 e. The van der Waals surface area contributed by atoms with E-state index in [0.29, 0.717) is 0 Å². The molecule has 1 radical (unpaired) electrons. The van der Waals surface area contributed by atoms with Crippen molar-refractivity contribution in [1.82, 2.24) is 9.97 Å². The molecule has 0 saturated heterocycles. The van der Waals surface area contributed by atoms with E-state index < -0.39 is 0 Å². The van der Waals surface area contributed by atoms with Gasteiger partial charge in [-0.2, -0.15) is 0 Å². The standard InChI is InChI=1S/C11H9N2/c1-9-5-6-11(13-8-9)10-4-2-3-7-12-10/h2-5,7-8H,1H3. The maximum atomic E-state index is 4.23. The fourth-order valence-electron chi connectivity index (χ4n) is 1.07. The smallest absolute Gasteiger partial charge is 0.0965 e. The van der Waals surface area contributed by atoms with Crippen molar-refractivity contribution >= 4 is 0 Å². The second-order valence-corrected chi connectivity index (χ2v) is 2.85. The quantitative estimate of drug-likeness (QED) is 0.654. The number of hydrogen-bond acceptors (Lipinski definition) is 2. The maximum absolute atomic E-state index is 4.23. The van der Waals surface area contributed by atoms with Crippen LogP contribution in [0.3, 0.4) is 0 Å². The molecular formula is C11H9N2. The SMILES string of the molecule is Cc1c[c]c(-c2ccccn2)nc1. The number of pyridine rings is 2. The monoisotopic (exact) mass is 169 g/mol. The highest BCUT2D eigenvalue weighted by Crippen LogP contribution is 2.11. The molecule has 0 fully saturated rings. The second-order valence-electron chi connectivity index (χ2n) is 2.85. The van der Waals surface area contributed by atoms with Crippen molar-refractivity contribution in [3.8, 4) is 11.4 Å². The van der Waals surface area contributed by atoms with Crippen LogP contribution in [0.15, 0.2) is 36.7 Å². The summed E-state index contributed by atoms with van der Waals surface area (Å²) in [6, 6.07) is 10.7. The second kappa shape index (κ2) is 3.35. The summed E-state index contributed by atoms with van der Waals surface area (Å²) in [7, 11) is 0. The van der Waals surface area contributed by atoms with Crippen molar-refractivity contribution < 1.29 is 0 Å². The molecule has 0 amide bonds. The molecule has 0 aliphatic rings. The molecule has 2 rings (SSSR count). The van der Waals surface area contributed by atoms with Gasteiger partial charge in [-0.3, -0.25) is 9.97 Å². The Morgan fingerprint density at radius 3 is 2.77 bits per heavy atom. The predicted octanol–water partition coefficient (Wildman–Crippen LogP) is 2.25. The van der Waals surface area contributed by atoms with Gasteiger partial charge >= 0.3 is 0 Å². The zero-order valence-corrected chi connectivity index (χ0v) is 7.36. The third-order valence-electron chi connectivity index (χ3n) is 1.74. The normalized spacial score (nSPS) is 9.92. The Morgan fingerprint density at radius 2 is 2.15 bits per heavy atom. The van der Waals surface area contributed by atoms with Crippen LogP contribution in [0, 0.1) is 13.0 Å². The van der Waals surface area contributed by atoms with Gasteiger partial charge in [0.25, 0.3) is 0 Å². The van der Waals surface area contributed by atoms with E-state index in [-0.39, 0.29) is 0 Å². The molecule has 2 aromatic rings. The Kier molecular flexibility index (Phi) is 2.04. The fourth-order valence-corrected chi connectivity index (χ4v) is 1.07. The average molecular weight is 169 g/mol. The molecule has 0 aliphatic carbocycles. The number of rotatable bonds is 1. The van der Waals surface area contributed by atoms with Gasteiger partial charge in [0.2, 0.25) is 0 Å². The first kappa shape index (κ1) is 7.92. The minimum atomic E-state index is 0.797. The Balaban J connectivity index is 2.42. The van der Waals surface area contributed by atoms with Gasteiger partial charge in [-0.15, -0.1) is 0 Å². The molecule has 0 atom stereocenters. The van der Waals surface area contributed by atoms with Crippen LogP contribution in [0.5, 0.6) is 0 Å². The molecular weight excluding hydrogens is 160 g/mol. The van der Waals surface area contributed by atoms with Gasteiger partial charge < -0.3 is 0 Å². The number of nitrogens with zero attached hydrogens (tertiary/aromatic N) is 2. The first-order valence-corrected chi connectivity index (χ1v) is 4.12. The van der Waals surface area contributed by atoms with Crippen molar-refractivity contribution in [2.75, 3.05) is 0 Å². The summed E-state index contributed by atoms with van der Waals surface area (Å²) in [5.41, 5.74) is 2.77. The van der Waals surface area contributed by atoms with Crippen LogP contribution in [0.2, 0.25) is 0 Å². The number of aromatic nitrogens is 2. The average Bonchev–Trinajstić information content (AvgIpc) is 2.20. The van der Waals surface area contributed by atoms with Crippen LogP contribution < -0.4 is 0 Å². The Morgan fingerprint density at radius 1 is 1.23 bits per heavy atom. The van der Waals surface area contributed by atoms with E-state index in [1.165, 1.54) is 0 Å². The first-order chi connectivity index (χ1) is 6.36. The molecule has 0 N–H and O–H groups in total. The van der Waals surface area contributed by atoms with E-state index in [1.54, 1.807) is 6.20 Å². The predicted molar refractivity (Wildman–Crippen MR) is 51.0 cm³/mol.